The van der Waals surface area contributed by atoms with E-state index in [0.717, 1.165) is 0 Å². The largest absolute Gasteiger partial charge is 0.394 e. The summed E-state index contributed by atoms with van der Waals surface area (Å²) in [5, 5.41) is 19.6. The van der Waals surface area contributed by atoms with Crippen molar-refractivity contribution in [2.45, 2.75) is 24.5 Å². The molecule has 1 aliphatic rings. The lowest BCUT2D eigenvalue weighted by Crippen LogP contribution is -2.36. The number of hydrogen-bond donors (Lipinski definition) is 5. The molecule has 3 rings (SSSR count). The molecule has 0 bridgehead atoms. The van der Waals surface area contributed by atoms with E-state index in [4.69, 9.17) is 21.1 Å². The quantitative estimate of drug-likeness (QED) is 0.272. The minimum Gasteiger partial charge on any atom is -0.394 e. The van der Waals surface area contributed by atoms with Gasteiger partial charge in [0.1, 0.15) is 18.3 Å². The fourth-order valence-corrected chi connectivity index (χ4v) is 2.63. The molecule has 1 saturated heterocycles. The highest BCUT2D eigenvalue weighted by atomic mass is 16.6. The Morgan fingerprint density at radius 2 is 2.25 bits per heavy atom. The molecule has 0 aliphatic carbocycles. The zero-order valence-corrected chi connectivity index (χ0v) is 12.5. The van der Waals surface area contributed by atoms with Crippen LogP contribution in [0.2, 0.25) is 0 Å². The summed E-state index contributed by atoms with van der Waals surface area (Å²) < 4.78 is 12.6. The number of nitrogens with two attached hydrogens (primary N) is 2. The number of rotatable bonds is 6. The molecule has 1 aliphatic heterocycles. The summed E-state index contributed by atoms with van der Waals surface area (Å²) in [5.41, 5.74) is 5.31. The minimum atomic E-state index is -1.10. The van der Waals surface area contributed by atoms with Crippen LogP contribution < -0.4 is 17.2 Å². The van der Waals surface area contributed by atoms with Crippen LogP contribution in [0.5, 0.6) is 0 Å². The molecule has 2 aromatic heterocycles. The van der Waals surface area contributed by atoms with Crippen molar-refractivity contribution < 1.29 is 24.5 Å². The maximum absolute atomic E-state index is 11.9. The van der Waals surface area contributed by atoms with E-state index in [1.807, 2.05) is 0 Å². The van der Waals surface area contributed by atoms with E-state index in [0.29, 0.717) is 0 Å². The van der Waals surface area contributed by atoms with Crippen molar-refractivity contribution in [3.8, 4) is 0 Å². The van der Waals surface area contributed by atoms with Crippen LogP contribution in [-0.4, -0.2) is 67.9 Å². The number of aliphatic hydroxyl groups excluding tert-OH is 2. The van der Waals surface area contributed by atoms with E-state index in [1.54, 1.807) is 0 Å². The molecule has 12 nitrogen and oxygen atoms in total. The molecule has 0 radical (unpaired) electrons. The molecule has 0 spiro atoms. The monoisotopic (exact) mass is 342 g/mol. The van der Waals surface area contributed by atoms with Gasteiger partial charge in [-0.1, -0.05) is 0 Å². The zero-order chi connectivity index (χ0) is 17.3. The molecule has 0 unspecified atom stereocenters. The Kier molecular flexibility index (Phi) is 4.75. The van der Waals surface area contributed by atoms with Crippen LogP contribution in [-0.2, 0) is 14.3 Å². The van der Waals surface area contributed by atoms with Gasteiger partial charge in [-0.25, -0.2) is 10.9 Å². The Morgan fingerprint density at radius 1 is 1.46 bits per heavy atom. The number of aromatic amines is 1. The maximum Gasteiger partial charge on any atom is 0.280 e. The molecule has 4 atom stereocenters. The Balaban J connectivity index is 1.97. The van der Waals surface area contributed by atoms with Crippen LogP contribution in [0.4, 0.5) is 5.95 Å². The van der Waals surface area contributed by atoms with E-state index in [2.05, 4.69) is 19.8 Å². The van der Waals surface area contributed by atoms with Crippen LogP contribution in [0, 0.1) is 0 Å². The normalized spacial score (nSPS) is 27.1. The average Bonchev–Trinajstić information content (AvgIpc) is 3.09. The topological polar surface area (TPSA) is 184 Å². The molecule has 24 heavy (non-hydrogen) atoms. The van der Waals surface area contributed by atoms with E-state index < -0.39 is 36.7 Å². The Bertz CT molecular complexity index is 762. The number of nitrogens with zero attached hydrogens (tertiary/aromatic N) is 3. The summed E-state index contributed by atoms with van der Waals surface area (Å²) in [6, 6.07) is 0. The van der Waals surface area contributed by atoms with Crippen LogP contribution in [0.25, 0.3) is 11.2 Å². The summed E-state index contributed by atoms with van der Waals surface area (Å²) in [7, 11) is 0. The van der Waals surface area contributed by atoms with Gasteiger partial charge in [0.2, 0.25) is 5.95 Å². The SMILES string of the molecule is NOCCO[C@@H]1[C@H](O)[C@@H](CO)O[C@H]1n1cnc2c(=O)[nH]c(N)nc21. The van der Waals surface area contributed by atoms with Gasteiger partial charge in [0, 0.05) is 0 Å². The summed E-state index contributed by atoms with van der Waals surface area (Å²) in [5.74, 6) is 4.86. The highest BCUT2D eigenvalue weighted by molar-refractivity contribution is 5.70. The van der Waals surface area contributed by atoms with Crippen molar-refractivity contribution in [1.82, 2.24) is 19.5 Å². The van der Waals surface area contributed by atoms with Gasteiger partial charge in [0.15, 0.2) is 17.4 Å². The van der Waals surface area contributed by atoms with E-state index >= 15 is 0 Å². The molecule has 0 aromatic carbocycles. The Labute approximate surface area is 134 Å². The molecule has 132 valence electrons. The lowest BCUT2D eigenvalue weighted by molar-refractivity contribution is -0.0814. The number of aliphatic hydroxyl groups is 2. The maximum atomic E-state index is 11.9. The highest BCUT2D eigenvalue weighted by Gasteiger charge is 2.45. The Hall–Kier alpha value is -2.09. The number of nitrogens with one attached hydrogen (secondary N) is 1. The van der Waals surface area contributed by atoms with E-state index in [1.165, 1.54) is 10.9 Å². The number of hydrogen-bond acceptors (Lipinski definition) is 10. The zero-order valence-electron chi connectivity index (χ0n) is 12.5. The molecule has 0 amide bonds. The predicted octanol–water partition coefficient (Wildman–Crippen LogP) is -2.77. The fraction of sp³-hybridized carbons (Fsp3) is 0.583. The first-order valence-corrected chi connectivity index (χ1v) is 7.16. The van der Waals surface area contributed by atoms with E-state index in [9.17, 15) is 15.0 Å². The molecule has 7 N–H and O–H groups in total. The molecule has 12 heteroatoms. The van der Waals surface area contributed by atoms with E-state index in [-0.39, 0.29) is 30.3 Å². The second kappa shape index (κ2) is 6.80. The third kappa shape index (κ3) is 2.86. The second-order valence-corrected chi connectivity index (χ2v) is 5.22. The van der Waals surface area contributed by atoms with Gasteiger partial charge in [-0.15, -0.1) is 0 Å². The Morgan fingerprint density at radius 3 is 2.96 bits per heavy atom. The first kappa shape index (κ1) is 16.8. The van der Waals surface area contributed by atoms with Gasteiger partial charge >= 0.3 is 0 Å². The minimum absolute atomic E-state index is 0.0683. The molecule has 2 aromatic rings. The number of nitrogen functional groups attached to an aromatic ring is 1. The number of aromatic nitrogens is 4. The average molecular weight is 342 g/mol. The lowest BCUT2D eigenvalue weighted by Gasteiger charge is -2.21. The summed E-state index contributed by atoms with van der Waals surface area (Å²) in [6.07, 6.45) is -2.35. The number of fused-ring (bicyclic) bond motifs is 1. The number of anilines is 1. The summed E-state index contributed by atoms with van der Waals surface area (Å²) in [6.45, 7) is -0.206. The molecule has 3 heterocycles. The number of imidazole rings is 1. The van der Waals surface area contributed by atoms with Crippen molar-refractivity contribution in [2.24, 2.45) is 5.90 Å². The van der Waals surface area contributed by atoms with Crippen molar-refractivity contribution in [3.63, 3.8) is 0 Å². The molecular weight excluding hydrogens is 324 g/mol. The van der Waals surface area contributed by atoms with Crippen LogP contribution in [0.1, 0.15) is 6.23 Å². The second-order valence-electron chi connectivity index (χ2n) is 5.22. The van der Waals surface area contributed by atoms with Crippen molar-refractivity contribution in [3.05, 3.63) is 16.7 Å². The van der Waals surface area contributed by atoms with Crippen molar-refractivity contribution >= 4 is 17.1 Å². The third-order valence-corrected chi connectivity index (χ3v) is 3.73. The van der Waals surface area contributed by atoms with Crippen LogP contribution >= 0.6 is 0 Å². The number of ether oxygens (including phenoxy) is 2. The van der Waals surface area contributed by atoms with Crippen molar-refractivity contribution in [2.75, 3.05) is 25.6 Å². The smallest absolute Gasteiger partial charge is 0.280 e. The first-order chi connectivity index (χ1) is 11.6. The molecule has 0 saturated carbocycles. The third-order valence-electron chi connectivity index (χ3n) is 3.73. The van der Waals surface area contributed by atoms with Gasteiger partial charge in [-0.2, -0.15) is 4.98 Å². The fourth-order valence-electron chi connectivity index (χ4n) is 2.63. The van der Waals surface area contributed by atoms with Crippen LogP contribution in [0.15, 0.2) is 11.1 Å². The number of H-pyrrole nitrogens is 1. The van der Waals surface area contributed by atoms with Gasteiger partial charge < -0.3 is 30.3 Å². The van der Waals surface area contributed by atoms with Gasteiger partial charge in [0.25, 0.3) is 5.56 Å². The van der Waals surface area contributed by atoms with Gasteiger partial charge in [0.05, 0.1) is 26.1 Å². The first-order valence-electron chi connectivity index (χ1n) is 7.16. The van der Waals surface area contributed by atoms with Gasteiger partial charge in [-0.05, 0) is 0 Å². The lowest BCUT2D eigenvalue weighted by atomic mass is 10.1. The van der Waals surface area contributed by atoms with Gasteiger partial charge in [-0.3, -0.25) is 14.3 Å². The van der Waals surface area contributed by atoms with Crippen molar-refractivity contribution in [1.29, 1.82) is 0 Å². The molecule has 1 fully saturated rings. The summed E-state index contributed by atoms with van der Waals surface area (Å²) >= 11 is 0. The molecular formula is C12H18N6O6. The summed E-state index contributed by atoms with van der Waals surface area (Å²) in [4.78, 5) is 26.7. The standard InChI is InChI=1S/C12H18N6O6/c13-12-16-9-6(10(21)17-12)15-4-18(9)11-8(22-1-2-23-14)7(20)5(3-19)24-11/h4-5,7-8,11,19-20H,1-3,14H2,(H3,13,16,17,21)/t5-,7-,8-,11-/m1/s1. The van der Waals surface area contributed by atoms with Crippen LogP contribution in [0.3, 0.4) is 0 Å². The predicted molar refractivity (Wildman–Crippen MR) is 79.4 cm³/mol. The highest BCUT2D eigenvalue weighted by Crippen LogP contribution is 2.33.